The highest BCUT2D eigenvalue weighted by Crippen LogP contribution is 2.41. The van der Waals surface area contributed by atoms with E-state index >= 15 is 0 Å². The summed E-state index contributed by atoms with van der Waals surface area (Å²) in [5.74, 6) is -1.97. The van der Waals surface area contributed by atoms with E-state index in [0.717, 1.165) is 16.7 Å². The van der Waals surface area contributed by atoms with Gasteiger partial charge in [-0.2, -0.15) is 0 Å². The number of thioether (sulfide) groups is 2. The Morgan fingerprint density at radius 3 is 2.84 bits per heavy atom. The quantitative estimate of drug-likeness (QED) is 0.132. The second-order valence-electron chi connectivity index (χ2n) is 6.53. The molecule has 1 unspecified atom stereocenters. The van der Waals surface area contributed by atoms with E-state index in [1.54, 1.807) is 29.6 Å². The molecular weight excluding hydrogens is 496 g/mol. The number of carboxylic acid groups (broad SMARTS) is 1. The third-order valence-electron chi connectivity index (χ3n) is 4.65. The summed E-state index contributed by atoms with van der Waals surface area (Å²) >= 11 is 3.73. The van der Waals surface area contributed by atoms with E-state index in [2.05, 4.69) is 10.4 Å². The molecule has 0 radical (unpaired) electrons. The summed E-state index contributed by atoms with van der Waals surface area (Å²) in [6, 6.07) is 5.58. The highest BCUT2D eigenvalue weighted by Gasteiger charge is 2.54. The average Bonchev–Trinajstić information content (AvgIpc) is 3.31. The van der Waals surface area contributed by atoms with Crippen LogP contribution >= 0.6 is 34.9 Å². The van der Waals surface area contributed by atoms with Gasteiger partial charge in [-0.1, -0.05) is 6.07 Å². The number of thiophene rings is 1. The molecule has 0 spiro atoms. The Morgan fingerprint density at radius 1 is 1.38 bits per heavy atom. The number of β-lactam (4-membered cyclic amide) rings is 1. The van der Waals surface area contributed by atoms with Crippen molar-refractivity contribution in [3.8, 4) is 0 Å². The number of aromatic nitrogens is 2. The molecule has 2 aliphatic heterocycles. The SMILES string of the molecule is O=S=C(C(=O)NC1C(=O)N2C(C(=O)O)=C(CSc3cccn[n+]3[O-])CS[C@H]12)c1cccs1. The summed E-state index contributed by atoms with van der Waals surface area (Å²) in [7, 11) is 0. The first-order valence-corrected chi connectivity index (χ1v) is 12.7. The summed E-state index contributed by atoms with van der Waals surface area (Å²) < 4.78 is 11.4. The van der Waals surface area contributed by atoms with Crippen molar-refractivity contribution in [3.63, 3.8) is 0 Å². The minimum atomic E-state index is -1.26. The first kappa shape index (κ1) is 22.5. The van der Waals surface area contributed by atoms with Gasteiger partial charge in [-0.25, -0.2) is 9.00 Å². The maximum Gasteiger partial charge on any atom is 0.352 e. The van der Waals surface area contributed by atoms with Crippen molar-refractivity contribution in [1.82, 2.24) is 15.3 Å². The van der Waals surface area contributed by atoms with E-state index in [9.17, 15) is 28.9 Å². The normalized spacial score (nSPS) is 19.8. The van der Waals surface area contributed by atoms with Gasteiger partial charge in [0.25, 0.3) is 16.8 Å². The van der Waals surface area contributed by atoms with Gasteiger partial charge in [-0.15, -0.1) is 23.1 Å². The fourth-order valence-electron chi connectivity index (χ4n) is 3.21. The Labute approximate surface area is 197 Å². The molecule has 0 saturated carbocycles. The molecule has 14 heteroatoms. The van der Waals surface area contributed by atoms with Crippen LogP contribution in [0.1, 0.15) is 4.88 Å². The minimum Gasteiger partial charge on any atom is -0.593 e. The molecule has 2 aromatic heterocycles. The van der Waals surface area contributed by atoms with E-state index in [1.165, 1.54) is 29.3 Å². The number of carboxylic acids is 1. The molecule has 1 fully saturated rings. The zero-order valence-corrected chi connectivity index (χ0v) is 19.3. The van der Waals surface area contributed by atoms with Crippen molar-refractivity contribution in [1.29, 1.82) is 0 Å². The van der Waals surface area contributed by atoms with E-state index < -0.39 is 29.2 Å². The molecule has 166 valence electrons. The Balaban J connectivity index is 1.50. The smallest absolute Gasteiger partial charge is 0.352 e. The van der Waals surface area contributed by atoms with Crippen LogP contribution in [-0.2, 0) is 25.6 Å². The summed E-state index contributed by atoms with van der Waals surface area (Å²) in [5, 5.41) is 29.1. The number of nitrogens with one attached hydrogen (secondary N) is 1. The highest BCUT2D eigenvalue weighted by molar-refractivity contribution is 8.01. The number of nitrogens with zero attached hydrogens (tertiary/aromatic N) is 3. The largest absolute Gasteiger partial charge is 0.593 e. The standard InChI is InChI=1S/C18H14N4O6S4/c23-15(14(32-28)10-3-2-6-29-10)20-12-16(24)21-13(18(25)26)9(8-31-17(12)21)7-30-11-4-1-5-19-22(11)27/h1-6,12,17H,7-8H2,(H,20,23)(H,25,26)/t12?,17-/m1/s1. The third kappa shape index (κ3) is 4.18. The lowest BCUT2D eigenvalue weighted by molar-refractivity contribution is -0.706. The van der Waals surface area contributed by atoms with E-state index in [1.807, 2.05) is 0 Å². The van der Waals surface area contributed by atoms with E-state index in [0.29, 0.717) is 26.1 Å². The van der Waals surface area contributed by atoms with Crippen LogP contribution in [0.4, 0.5) is 0 Å². The van der Waals surface area contributed by atoms with E-state index in [4.69, 9.17) is 0 Å². The van der Waals surface area contributed by atoms with Gasteiger partial charge in [0, 0.05) is 22.7 Å². The Kier molecular flexibility index (Phi) is 6.64. The van der Waals surface area contributed by atoms with Crippen molar-refractivity contribution >= 4 is 68.8 Å². The number of aliphatic carboxylic acids is 1. The molecule has 4 heterocycles. The summed E-state index contributed by atoms with van der Waals surface area (Å²) in [6.45, 7) is 0. The van der Waals surface area contributed by atoms with Crippen LogP contribution in [0.3, 0.4) is 0 Å². The van der Waals surface area contributed by atoms with Crippen LogP contribution in [0.15, 0.2) is 52.1 Å². The zero-order chi connectivity index (χ0) is 22.8. The van der Waals surface area contributed by atoms with Gasteiger partial charge >= 0.3 is 5.97 Å². The molecule has 0 bridgehead atoms. The van der Waals surface area contributed by atoms with Crippen molar-refractivity contribution in [2.45, 2.75) is 16.4 Å². The molecule has 1 saturated heterocycles. The maximum atomic E-state index is 12.8. The Morgan fingerprint density at radius 2 is 2.19 bits per heavy atom. The molecule has 0 aliphatic carbocycles. The van der Waals surface area contributed by atoms with Crippen LogP contribution in [0.2, 0.25) is 0 Å². The van der Waals surface area contributed by atoms with Gasteiger partial charge in [0.1, 0.15) is 33.2 Å². The number of fused-ring (bicyclic) bond motifs is 1. The topological polar surface area (TPSA) is 144 Å². The predicted molar refractivity (Wildman–Crippen MR) is 120 cm³/mol. The summed E-state index contributed by atoms with van der Waals surface area (Å²) in [6.07, 6.45) is 1.35. The van der Waals surface area contributed by atoms with E-state index in [-0.39, 0.29) is 27.6 Å². The fourth-order valence-corrected chi connectivity index (χ4v) is 6.77. The number of rotatable bonds is 7. The third-order valence-corrected chi connectivity index (χ3v) is 8.66. The second-order valence-corrected chi connectivity index (χ2v) is 10.2. The van der Waals surface area contributed by atoms with Crippen LogP contribution in [-0.4, -0.2) is 64.9 Å². The lowest BCUT2D eigenvalue weighted by Crippen LogP contribution is -2.71. The molecule has 2 aliphatic rings. The molecule has 0 aromatic carbocycles. The fraction of sp³-hybridized carbons (Fsp3) is 0.222. The van der Waals surface area contributed by atoms with Gasteiger partial charge in [0.15, 0.2) is 0 Å². The van der Waals surface area contributed by atoms with Gasteiger partial charge in [0.05, 0.1) is 11.1 Å². The predicted octanol–water partition coefficient (Wildman–Crippen LogP) is 0.0409. The Bertz CT molecular complexity index is 1180. The van der Waals surface area contributed by atoms with Crippen molar-refractivity contribution < 1.29 is 28.5 Å². The molecule has 10 nitrogen and oxygen atoms in total. The molecule has 2 N–H and O–H groups in total. The van der Waals surface area contributed by atoms with Gasteiger partial charge in [-0.05, 0) is 39.7 Å². The van der Waals surface area contributed by atoms with Crippen LogP contribution in [0.5, 0.6) is 0 Å². The molecule has 2 atom stereocenters. The molecule has 2 amide bonds. The molecule has 4 rings (SSSR count). The highest BCUT2D eigenvalue weighted by atomic mass is 32.2. The van der Waals surface area contributed by atoms with Crippen molar-refractivity contribution in [2.75, 3.05) is 11.5 Å². The summed E-state index contributed by atoms with van der Waals surface area (Å²) in [5.41, 5.74) is 0.352. The van der Waals surface area contributed by atoms with Gasteiger partial charge in [-0.3, -0.25) is 14.5 Å². The number of hydrogen-bond acceptors (Lipinski definition) is 9. The number of amides is 2. The lowest BCUT2D eigenvalue weighted by Gasteiger charge is -2.49. The van der Waals surface area contributed by atoms with Crippen LogP contribution in [0.25, 0.3) is 0 Å². The number of carbonyl (C=O) groups is 3. The second kappa shape index (κ2) is 9.44. The molecular formula is C18H14N4O6S4. The van der Waals surface area contributed by atoms with Gasteiger partial charge in [0.2, 0.25) is 0 Å². The lowest BCUT2D eigenvalue weighted by atomic mass is 10.0. The van der Waals surface area contributed by atoms with Crippen LogP contribution < -0.4 is 10.2 Å². The minimum absolute atomic E-state index is 0.0412. The van der Waals surface area contributed by atoms with Crippen molar-refractivity contribution in [3.05, 3.63) is 57.2 Å². The maximum absolute atomic E-state index is 12.8. The monoisotopic (exact) mass is 510 g/mol. The van der Waals surface area contributed by atoms with Crippen molar-refractivity contribution in [2.24, 2.45) is 0 Å². The first-order valence-electron chi connectivity index (χ1n) is 9.01. The van der Waals surface area contributed by atoms with Crippen LogP contribution in [0, 0.1) is 5.21 Å². The molecule has 2 aromatic rings. The number of hydrogen-bond donors (Lipinski definition) is 2. The zero-order valence-electron chi connectivity index (χ0n) is 16.0. The first-order chi connectivity index (χ1) is 15.4. The Hall–Kier alpha value is -2.68. The number of carbonyl (C=O) groups excluding carboxylic acids is 2. The van der Waals surface area contributed by atoms with Gasteiger partial charge < -0.3 is 15.6 Å². The molecule has 32 heavy (non-hydrogen) atoms. The summed E-state index contributed by atoms with van der Waals surface area (Å²) in [4.78, 5) is 39.3. The average molecular weight is 511 g/mol.